The van der Waals surface area contributed by atoms with Crippen molar-refractivity contribution in [2.24, 2.45) is 0 Å². The van der Waals surface area contributed by atoms with Crippen LogP contribution in [-0.4, -0.2) is 32.7 Å². The van der Waals surface area contributed by atoms with Gasteiger partial charge in [0.15, 0.2) is 5.65 Å². The standard InChI is InChI=1S/C21H21N5O/c1-14-23-20-18-7-2-3-8-19(18)24-21(26(20)25-14)22-11-12-27-17-10-9-15-5-4-6-16(15)13-17/h2-3,7-10,13H,4-6,11-12H2,1H3,(H,22,24). The average Bonchev–Trinajstić information content (AvgIpc) is 3.30. The van der Waals surface area contributed by atoms with Gasteiger partial charge in [-0.25, -0.2) is 9.97 Å². The second kappa shape index (κ2) is 6.54. The normalized spacial score (nSPS) is 13.2. The van der Waals surface area contributed by atoms with E-state index < -0.39 is 0 Å². The van der Waals surface area contributed by atoms with Crippen molar-refractivity contribution in [3.8, 4) is 5.75 Å². The molecule has 6 heteroatoms. The third-order valence-electron chi connectivity index (χ3n) is 5.01. The first kappa shape index (κ1) is 16.1. The van der Waals surface area contributed by atoms with Crippen molar-refractivity contribution in [1.82, 2.24) is 19.6 Å². The van der Waals surface area contributed by atoms with E-state index in [2.05, 4.69) is 33.6 Å². The zero-order valence-electron chi connectivity index (χ0n) is 15.3. The van der Waals surface area contributed by atoms with Crippen LogP contribution in [0.15, 0.2) is 42.5 Å². The maximum Gasteiger partial charge on any atom is 0.226 e. The molecule has 1 N–H and O–H groups in total. The molecule has 0 amide bonds. The van der Waals surface area contributed by atoms with Crippen molar-refractivity contribution in [3.05, 3.63) is 59.4 Å². The zero-order valence-corrected chi connectivity index (χ0v) is 15.3. The van der Waals surface area contributed by atoms with Gasteiger partial charge in [-0.3, -0.25) is 0 Å². The van der Waals surface area contributed by atoms with Crippen LogP contribution < -0.4 is 10.1 Å². The minimum Gasteiger partial charge on any atom is -0.492 e. The highest BCUT2D eigenvalue weighted by molar-refractivity contribution is 5.92. The number of anilines is 1. The van der Waals surface area contributed by atoms with Crippen LogP contribution in [0.2, 0.25) is 0 Å². The Morgan fingerprint density at radius 2 is 1.96 bits per heavy atom. The number of ether oxygens (including phenoxy) is 1. The zero-order chi connectivity index (χ0) is 18.2. The lowest BCUT2D eigenvalue weighted by atomic mass is 10.1. The number of nitrogens with one attached hydrogen (secondary N) is 1. The number of nitrogens with zero attached hydrogens (tertiary/aromatic N) is 4. The summed E-state index contributed by atoms with van der Waals surface area (Å²) in [6, 6.07) is 14.4. The first-order chi connectivity index (χ1) is 13.3. The number of benzene rings is 2. The number of aromatic nitrogens is 4. The van der Waals surface area contributed by atoms with E-state index in [4.69, 9.17) is 9.72 Å². The van der Waals surface area contributed by atoms with Gasteiger partial charge in [-0.1, -0.05) is 18.2 Å². The summed E-state index contributed by atoms with van der Waals surface area (Å²) < 4.78 is 7.69. The second-order valence-corrected chi connectivity index (χ2v) is 6.91. The number of aryl methyl sites for hydroxylation is 3. The molecule has 0 aliphatic heterocycles. The molecular weight excluding hydrogens is 338 g/mol. The predicted octanol–water partition coefficient (Wildman–Crippen LogP) is 3.57. The van der Waals surface area contributed by atoms with Gasteiger partial charge in [0.05, 0.1) is 12.1 Å². The van der Waals surface area contributed by atoms with Crippen molar-refractivity contribution in [2.45, 2.75) is 26.2 Å². The van der Waals surface area contributed by atoms with E-state index in [1.54, 1.807) is 4.52 Å². The van der Waals surface area contributed by atoms with Crippen LogP contribution in [0.25, 0.3) is 16.6 Å². The molecule has 5 rings (SSSR count). The number of rotatable bonds is 5. The highest BCUT2D eigenvalue weighted by Gasteiger charge is 2.12. The maximum atomic E-state index is 5.92. The van der Waals surface area contributed by atoms with Gasteiger partial charge in [-0.05, 0) is 61.6 Å². The molecule has 0 bridgehead atoms. The monoisotopic (exact) mass is 359 g/mol. The first-order valence-corrected chi connectivity index (χ1v) is 9.38. The predicted molar refractivity (Wildman–Crippen MR) is 105 cm³/mol. The van der Waals surface area contributed by atoms with Crippen molar-refractivity contribution < 1.29 is 4.74 Å². The summed E-state index contributed by atoms with van der Waals surface area (Å²) in [6.45, 7) is 3.08. The third kappa shape index (κ3) is 2.97. The Bertz CT molecular complexity index is 1130. The number of para-hydroxylation sites is 1. The Balaban J connectivity index is 1.32. The van der Waals surface area contributed by atoms with Crippen LogP contribution in [-0.2, 0) is 12.8 Å². The maximum absolute atomic E-state index is 5.92. The summed E-state index contributed by atoms with van der Waals surface area (Å²) in [5, 5.41) is 8.82. The van der Waals surface area contributed by atoms with E-state index in [1.165, 1.54) is 24.0 Å². The molecule has 0 radical (unpaired) electrons. The van der Waals surface area contributed by atoms with Crippen LogP contribution in [0.5, 0.6) is 5.75 Å². The minimum atomic E-state index is 0.558. The van der Waals surface area contributed by atoms with E-state index in [9.17, 15) is 0 Å². The summed E-state index contributed by atoms with van der Waals surface area (Å²) in [5.74, 6) is 2.35. The largest absolute Gasteiger partial charge is 0.492 e. The lowest BCUT2D eigenvalue weighted by Gasteiger charge is -2.11. The second-order valence-electron chi connectivity index (χ2n) is 6.91. The molecule has 0 spiro atoms. The summed E-state index contributed by atoms with van der Waals surface area (Å²) in [4.78, 5) is 9.25. The molecule has 4 aromatic rings. The minimum absolute atomic E-state index is 0.558. The molecule has 27 heavy (non-hydrogen) atoms. The summed E-state index contributed by atoms with van der Waals surface area (Å²) in [7, 11) is 0. The van der Waals surface area contributed by atoms with Crippen LogP contribution in [0.3, 0.4) is 0 Å². The molecule has 2 aromatic heterocycles. The molecule has 0 saturated heterocycles. The fraction of sp³-hybridized carbons (Fsp3) is 0.286. The van der Waals surface area contributed by atoms with Gasteiger partial charge in [0.2, 0.25) is 5.95 Å². The highest BCUT2D eigenvalue weighted by Crippen LogP contribution is 2.26. The van der Waals surface area contributed by atoms with Gasteiger partial charge < -0.3 is 10.1 Å². The summed E-state index contributed by atoms with van der Waals surface area (Å²) >= 11 is 0. The Labute approximate surface area is 157 Å². The quantitative estimate of drug-likeness (QED) is 0.552. The Morgan fingerprint density at radius 1 is 1.07 bits per heavy atom. The lowest BCUT2D eigenvalue weighted by molar-refractivity contribution is 0.332. The van der Waals surface area contributed by atoms with Crippen LogP contribution in [0.4, 0.5) is 5.95 Å². The fourth-order valence-electron chi connectivity index (χ4n) is 3.74. The molecule has 0 unspecified atom stereocenters. The SMILES string of the molecule is Cc1nc2c3ccccc3nc(NCCOc3ccc4c(c3)CCC4)n2n1. The highest BCUT2D eigenvalue weighted by atomic mass is 16.5. The molecule has 1 aliphatic carbocycles. The Hall–Kier alpha value is -3.15. The topological polar surface area (TPSA) is 64.3 Å². The van der Waals surface area contributed by atoms with Crippen molar-refractivity contribution in [2.75, 3.05) is 18.5 Å². The third-order valence-corrected chi connectivity index (χ3v) is 5.01. The van der Waals surface area contributed by atoms with Gasteiger partial charge in [0, 0.05) is 5.39 Å². The van der Waals surface area contributed by atoms with E-state index in [1.807, 2.05) is 31.2 Å². The fourth-order valence-corrected chi connectivity index (χ4v) is 3.74. The summed E-state index contributed by atoms with van der Waals surface area (Å²) in [5.41, 5.74) is 4.61. The molecule has 0 saturated carbocycles. The van der Waals surface area contributed by atoms with Crippen molar-refractivity contribution >= 4 is 22.5 Å². The molecule has 136 valence electrons. The van der Waals surface area contributed by atoms with Gasteiger partial charge in [-0.2, -0.15) is 4.52 Å². The first-order valence-electron chi connectivity index (χ1n) is 9.38. The summed E-state index contributed by atoms with van der Waals surface area (Å²) in [6.07, 6.45) is 3.61. The Morgan fingerprint density at radius 3 is 2.93 bits per heavy atom. The lowest BCUT2D eigenvalue weighted by Crippen LogP contribution is -2.15. The van der Waals surface area contributed by atoms with Gasteiger partial charge in [0.1, 0.15) is 18.2 Å². The van der Waals surface area contributed by atoms with E-state index in [-0.39, 0.29) is 0 Å². The molecular formula is C21H21N5O. The number of hydrogen-bond donors (Lipinski definition) is 1. The molecule has 1 aliphatic rings. The van der Waals surface area contributed by atoms with Gasteiger partial charge in [0.25, 0.3) is 0 Å². The van der Waals surface area contributed by atoms with Crippen LogP contribution >= 0.6 is 0 Å². The van der Waals surface area contributed by atoms with E-state index in [0.29, 0.717) is 19.1 Å². The van der Waals surface area contributed by atoms with Crippen LogP contribution in [0, 0.1) is 6.92 Å². The molecule has 6 nitrogen and oxygen atoms in total. The number of hydrogen-bond acceptors (Lipinski definition) is 5. The molecule has 2 aromatic carbocycles. The van der Waals surface area contributed by atoms with E-state index >= 15 is 0 Å². The Kier molecular flexibility index (Phi) is 3.89. The van der Waals surface area contributed by atoms with Gasteiger partial charge in [-0.15, -0.1) is 5.10 Å². The van der Waals surface area contributed by atoms with Crippen molar-refractivity contribution in [1.29, 1.82) is 0 Å². The van der Waals surface area contributed by atoms with E-state index in [0.717, 1.165) is 34.5 Å². The average molecular weight is 359 g/mol. The smallest absolute Gasteiger partial charge is 0.226 e. The van der Waals surface area contributed by atoms with Crippen LogP contribution in [0.1, 0.15) is 23.4 Å². The number of fused-ring (bicyclic) bond motifs is 4. The molecule has 0 atom stereocenters. The molecule has 2 heterocycles. The van der Waals surface area contributed by atoms with Crippen molar-refractivity contribution in [3.63, 3.8) is 0 Å². The molecule has 0 fully saturated rings. The van der Waals surface area contributed by atoms with Gasteiger partial charge >= 0.3 is 0 Å².